The summed E-state index contributed by atoms with van der Waals surface area (Å²) in [5.74, 6) is 3.62. The quantitative estimate of drug-likeness (QED) is 0.651. The van der Waals surface area contributed by atoms with Gasteiger partial charge < -0.3 is 9.84 Å². The first-order valence-corrected chi connectivity index (χ1v) is 11.3. The van der Waals surface area contributed by atoms with E-state index in [2.05, 4.69) is 19.1 Å². The second-order valence-corrected chi connectivity index (χ2v) is 10.1. The lowest BCUT2D eigenvalue weighted by atomic mass is 9.47. The predicted molar refractivity (Wildman–Crippen MR) is 105 cm³/mol. The summed E-state index contributed by atoms with van der Waals surface area (Å²) in [5.41, 5.74) is 2.12. The fourth-order valence-corrected chi connectivity index (χ4v) is 7.91. The molecule has 5 rings (SSSR count). The minimum absolute atomic E-state index is 0.134. The van der Waals surface area contributed by atoms with Crippen LogP contribution in [-0.4, -0.2) is 17.8 Å². The van der Waals surface area contributed by atoms with Crippen molar-refractivity contribution in [1.29, 1.82) is 0 Å². The van der Waals surface area contributed by atoms with E-state index < -0.39 is 0 Å². The summed E-state index contributed by atoms with van der Waals surface area (Å²) < 4.78 is 6.58. The molecule has 0 unspecified atom stereocenters. The summed E-state index contributed by atoms with van der Waals surface area (Å²) in [6.07, 6.45) is 20.4. The summed E-state index contributed by atoms with van der Waals surface area (Å²) in [6, 6.07) is 0. The minimum atomic E-state index is 0.134. The van der Waals surface area contributed by atoms with Crippen molar-refractivity contribution < 1.29 is 9.84 Å². The van der Waals surface area contributed by atoms with Crippen LogP contribution in [0.25, 0.3) is 0 Å². The maximum atomic E-state index is 10.5. The van der Waals surface area contributed by atoms with Gasteiger partial charge in [-0.3, -0.25) is 0 Å². The Hall–Kier alpha value is -0.760. The number of ether oxygens (including phenoxy) is 1. The Morgan fingerprint density at radius 1 is 1.00 bits per heavy atom. The fourth-order valence-electron chi connectivity index (χ4n) is 7.91. The molecule has 6 atom stereocenters. The lowest BCUT2D eigenvalue weighted by molar-refractivity contribution is -0.0962. The second kappa shape index (κ2) is 6.40. The van der Waals surface area contributed by atoms with E-state index in [1.54, 1.807) is 5.57 Å². The van der Waals surface area contributed by atoms with Crippen molar-refractivity contribution in [3.63, 3.8) is 0 Å². The Kier molecular flexibility index (Phi) is 4.27. The van der Waals surface area contributed by atoms with Crippen LogP contribution in [0.5, 0.6) is 0 Å². The van der Waals surface area contributed by atoms with Gasteiger partial charge in [-0.2, -0.15) is 0 Å². The maximum absolute atomic E-state index is 10.5. The van der Waals surface area contributed by atoms with Gasteiger partial charge >= 0.3 is 0 Å². The number of fused-ring (bicyclic) bond motifs is 5. The highest BCUT2D eigenvalue weighted by Crippen LogP contribution is 2.66. The first-order valence-electron chi connectivity index (χ1n) is 11.3. The molecule has 144 valence electrons. The first kappa shape index (κ1) is 17.3. The Morgan fingerprint density at radius 2 is 1.88 bits per heavy atom. The molecular weight excluding hydrogens is 320 g/mol. The fraction of sp³-hybridized carbons (Fsp3) is 0.833. The third-order valence-corrected chi connectivity index (χ3v) is 9.24. The number of aliphatic hydroxyl groups excluding tert-OH is 1. The zero-order valence-corrected chi connectivity index (χ0v) is 16.5. The van der Waals surface area contributed by atoms with Crippen LogP contribution in [0.1, 0.15) is 84.0 Å². The molecule has 0 aromatic carbocycles. The summed E-state index contributed by atoms with van der Waals surface area (Å²) in [5, 5.41) is 10.5. The molecular formula is C24H36O2. The summed E-state index contributed by atoms with van der Waals surface area (Å²) in [6.45, 7) is 2.93. The van der Waals surface area contributed by atoms with Crippen molar-refractivity contribution in [2.45, 2.75) is 90.1 Å². The monoisotopic (exact) mass is 356 g/mol. The summed E-state index contributed by atoms with van der Waals surface area (Å²) in [4.78, 5) is 0. The molecule has 3 saturated carbocycles. The Labute approximate surface area is 159 Å². The van der Waals surface area contributed by atoms with Crippen molar-refractivity contribution in [3.8, 4) is 0 Å². The normalized spacial score (nSPS) is 47.5. The van der Waals surface area contributed by atoms with Gasteiger partial charge in [0, 0.05) is 17.3 Å². The molecule has 0 aromatic heterocycles. The van der Waals surface area contributed by atoms with E-state index in [4.69, 9.17) is 4.74 Å². The Balaban J connectivity index is 1.41. The highest BCUT2D eigenvalue weighted by Gasteiger charge is 2.60. The highest BCUT2D eigenvalue weighted by molar-refractivity contribution is 5.25. The van der Waals surface area contributed by atoms with Crippen LogP contribution in [-0.2, 0) is 4.74 Å². The van der Waals surface area contributed by atoms with Crippen molar-refractivity contribution >= 4 is 0 Å². The van der Waals surface area contributed by atoms with E-state index in [1.807, 2.05) is 0 Å². The van der Waals surface area contributed by atoms with Crippen molar-refractivity contribution in [2.75, 3.05) is 6.61 Å². The van der Waals surface area contributed by atoms with Gasteiger partial charge in [0.1, 0.15) is 6.10 Å². The van der Waals surface area contributed by atoms with Gasteiger partial charge in [-0.1, -0.05) is 18.6 Å². The standard InChI is InChI=1S/C24H36O2/c1-23-15-13-21-19(10-9-17-6-4-5-14-24(17,21)16-25)20(23)11-12-22(23)26-18-7-2-3-8-18/h6-7,19-22,25H,2-5,8-16H2,1H3/t19-,20-,21-,22-,23-,24+/m0/s1. The van der Waals surface area contributed by atoms with E-state index in [9.17, 15) is 5.11 Å². The number of hydrogen-bond donors (Lipinski definition) is 1. The number of rotatable bonds is 3. The van der Waals surface area contributed by atoms with Crippen LogP contribution in [0, 0.1) is 28.6 Å². The van der Waals surface area contributed by atoms with Crippen molar-refractivity contribution in [2.24, 2.45) is 28.6 Å². The summed E-state index contributed by atoms with van der Waals surface area (Å²) >= 11 is 0. The zero-order chi connectivity index (χ0) is 17.8. The minimum Gasteiger partial charge on any atom is -0.495 e. The average molecular weight is 357 g/mol. The topological polar surface area (TPSA) is 29.5 Å². The molecule has 0 aliphatic heterocycles. The molecule has 0 saturated heterocycles. The molecule has 0 aromatic rings. The molecule has 5 aliphatic rings. The second-order valence-electron chi connectivity index (χ2n) is 10.1. The SMILES string of the molecule is C[C@]12CC[C@H]3[C@@H](CCC4=CCCC[C@@]43CO)[C@@H]1CC[C@@H]2OC1=CCCC1. The van der Waals surface area contributed by atoms with Gasteiger partial charge in [0.05, 0.1) is 12.4 Å². The molecule has 2 heteroatoms. The molecule has 0 spiro atoms. The van der Waals surface area contributed by atoms with Gasteiger partial charge in [0.2, 0.25) is 0 Å². The van der Waals surface area contributed by atoms with Crippen molar-refractivity contribution in [1.82, 2.24) is 0 Å². The van der Waals surface area contributed by atoms with Gasteiger partial charge in [-0.15, -0.1) is 0 Å². The molecule has 26 heavy (non-hydrogen) atoms. The Bertz CT molecular complexity index is 620. The molecule has 1 N–H and O–H groups in total. The molecule has 2 nitrogen and oxygen atoms in total. The molecule has 3 fully saturated rings. The Morgan fingerprint density at radius 3 is 2.69 bits per heavy atom. The number of aliphatic hydroxyl groups is 1. The van der Waals surface area contributed by atoms with E-state index in [0.29, 0.717) is 18.1 Å². The van der Waals surface area contributed by atoms with Crippen molar-refractivity contribution in [3.05, 3.63) is 23.5 Å². The average Bonchev–Trinajstić information content (AvgIpc) is 3.29. The zero-order valence-electron chi connectivity index (χ0n) is 16.5. The first-order chi connectivity index (χ1) is 12.7. The van der Waals surface area contributed by atoms with Crippen LogP contribution in [0.4, 0.5) is 0 Å². The smallest absolute Gasteiger partial charge is 0.104 e. The van der Waals surface area contributed by atoms with E-state index in [0.717, 1.165) is 24.2 Å². The highest BCUT2D eigenvalue weighted by atomic mass is 16.5. The van der Waals surface area contributed by atoms with Gasteiger partial charge in [0.15, 0.2) is 0 Å². The van der Waals surface area contributed by atoms with Gasteiger partial charge in [0.25, 0.3) is 0 Å². The van der Waals surface area contributed by atoms with E-state index in [1.165, 1.54) is 76.4 Å². The maximum Gasteiger partial charge on any atom is 0.104 e. The molecule has 0 amide bonds. The predicted octanol–water partition coefficient (Wildman–Crippen LogP) is 5.76. The molecule has 0 bridgehead atoms. The summed E-state index contributed by atoms with van der Waals surface area (Å²) in [7, 11) is 0. The lowest BCUT2D eigenvalue weighted by Gasteiger charge is -2.58. The molecule has 5 aliphatic carbocycles. The van der Waals surface area contributed by atoms with E-state index >= 15 is 0 Å². The van der Waals surface area contributed by atoms with Gasteiger partial charge in [-0.25, -0.2) is 0 Å². The van der Waals surface area contributed by atoms with Gasteiger partial charge in [-0.05, 0) is 94.5 Å². The largest absolute Gasteiger partial charge is 0.495 e. The molecule has 0 heterocycles. The van der Waals surface area contributed by atoms with E-state index in [-0.39, 0.29) is 5.41 Å². The van der Waals surface area contributed by atoms with Crippen LogP contribution in [0.2, 0.25) is 0 Å². The van der Waals surface area contributed by atoms with Crippen LogP contribution >= 0.6 is 0 Å². The molecule has 0 radical (unpaired) electrons. The number of hydrogen-bond acceptors (Lipinski definition) is 2. The third kappa shape index (κ3) is 2.40. The van der Waals surface area contributed by atoms with Crippen LogP contribution < -0.4 is 0 Å². The van der Waals surface area contributed by atoms with Crippen LogP contribution in [0.15, 0.2) is 23.5 Å². The third-order valence-electron chi connectivity index (χ3n) is 9.24. The number of allylic oxidation sites excluding steroid dienone is 3. The van der Waals surface area contributed by atoms with Crippen LogP contribution in [0.3, 0.4) is 0 Å². The lowest BCUT2D eigenvalue weighted by Crippen LogP contribution is -2.53.